The first kappa shape index (κ1) is 15.2. The molecule has 0 bridgehead atoms. The van der Waals surface area contributed by atoms with Crippen LogP contribution < -0.4 is 5.32 Å². The lowest BCUT2D eigenvalue weighted by molar-refractivity contribution is 0.144. The molecule has 2 aromatic rings. The molecular weight excluding hydrogens is 276 g/mol. The highest BCUT2D eigenvalue weighted by molar-refractivity contribution is 5.86. The molecule has 2 atom stereocenters. The van der Waals surface area contributed by atoms with Gasteiger partial charge in [0.2, 0.25) is 0 Å². The Morgan fingerprint density at radius 2 is 2.23 bits per heavy atom. The summed E-state index contributed by atoms with van der Waals surface area (Å²) in [7, 11) is 1.91. The van der Waals surface area contributed by atoms with Crippen LogP contribution in [0.4, 0.5) is 5.82 Å². The van der Waals surface area contributed by atoms with Gasteiger partial charge in [0, 0.05) is 26.2 Å². The fraction of sp³-hybridized carbons (Fsp3) is 0.688. The van der Waals surface area contributed by atoms with Crippen molar-refractivity contribution in [3.63, 3.8) is 0 Å². The van der Waals surface area contributed by atoms with Gasteiger partial charge in [0.25, 0.3) is 0 Å². The smallest absolute Gasteiger partial charge is 0.163 e. The van der Waals surface area contributed by atoms with Crippen molar-refractivity contribution in [3.05, 3.63) is 12.0 Å². The quantitative estimate of drug-likeness (QED) is 0.938. The van der Waals surface area contributed by atoms with Gasteiger partial charge in [-0.1, -0.05) is 6.92 Å². The lowest BCUT2D eigenvalue weighted by Crippen LogP contribution is -2.43. The molecule has 1 fully saturated rings. The van der Waals surface area contributed by atoms with E-state index in [-0.39, 0.29) is 0 Å². The molecule has 1 aliphatic heterocycles. The van der Waals surface area contributed by atoms with Crippen LogP contribution in [-0.2, 0) is 7.05 Å². The summed E-state index contributed by atoms with van der Waals surface area (Å²) in [4.78, 5) is 11.6. The highest BCUT2D eigenvalue weighted by Gasteiger charge is 2.21. The predicted molar refractivity (Wildman–Crippen MR) is 89.0 cm³/mol. The molecule has 0 aliphatic carbocycles. The molecule has 3 heterocycles. The highest BCUT2D eigenvalue weighted by atomic mass is 15.3. The molecular formula is C16H26N6. The molecule has 1 aliphatic rings. The Morgan fingerprint density at radius 3 is 3.00 bits per heavy atom. The first-order chi connectivity index (χ1) is 10.5. The number of nitrogens with one attached hydrogen (secondary N) is 1. The van der Waals surface area contributed by atoms with E-state index in [4.69, 9.17) is 0 Å². The number of nitrogens with zero attached hydrogens (tertiary/aromatic N) is 5. The lowest BCUT2D eigenvalue weighted by Gasteiger charge is -2.35. The monoisotopic (exact) mass is 302 g/mol. The van der Waals surface area contributed by atoms with Crippen LogP contribution in [0.2, 0.25) is 0 Å². The van der Waals surface area contributed by atoms with Crippen molar-refractivity contribution in [3.8, 4) is 0 Å². The molecule has 3 rings (SSSR count). The molecule has 0 saturated carbocycles. The van der Waals surface area contributed by atoms with Crippen LogP contribution in [0.5, 0.6) is 0 Å². The lowest BCUT2D eigenvalue weighted by atomic mass is 9.99. The number of aromatic nitrogens is 4. The Labute approximate surface area is 131 Å². The Kier molecular flexibility index (Phi) is 4.29. The fourth-order valence-electron chi connectivity index (χ4n) is 3.27. The fourth-order valence-corrected chi connectivity index (χ4v) is 3.27. The second-order valence-electron chi connectivity index (χ2n) is 6.60. The largest absolute Gasteiger partial charge is 0.368 e. The summed E-state index contributed by atoms with van der Waals surface area (Å²) >= 11 is 0. The maximum absolute atomic E-state index is 4.55. The van der Waals surface area contributed by atoms with Gasteiger partial charge < -0.3 is 5.32 Å². The van der Waals surface area contributed by atoms with Crippen molar-refractivity contribution in [1.82, 2.24) is 24.6 Å². The molecule has 2 aromatic heterocycles. The molecule has 22 heavy (non-hydrogen) atoms. The molecule has 1 N–H and O–H groups in total. The van der Waals surface area contributed by atoms with Crippen LogP contribution in [0.25, 0.3) is 11.0 Å². The molecule has 6 heteroatoms. The van der Waals surface area contributed by atoms with Gasteiger partial charge in [0.05, 0.1) is 11.6 Å². The molecule has 1 saturated heterocycles. The van der Waals surface area contributed by atoms with Crippen molar-refractivity contribution >= 4 is 16.9 Å². The summed E-state index contributed by atoms with van der Waals surface area (Å²) in [5.74, 6) is 2.48. The van der Waals surface area contributed by atoms with E-state index in [0.717, 1.165) is 35.1 Å². The van der Waals surface area contributed by atoms with Gasteiger partial charge in [-0.2, -0.15) is 5.10 Å². The van der Waals surface area contributed by atoms with Gasteiger partial charge in [0.1, 0.15) is 11.6 Å². The average Bonchev–Trinajstić information content (AvgIpc) is 2.86. The number of hydrogen-bond acceptors (Lipinski definition) is 5. The molecule has 0 aromatic carbocycles. The van der Waals surface area contributed by atoms with E-state index in [9.17, 15) is 0 Å². The SMILES string of the molecule is Cc1nc(NC[C@H](C)N2CCC[C@H](C)C2)c2cnn(C)c2n1. The number of rotatable bonds is 4. The summed E-state index contributed by atoms with van der Waals surface area (Å²) in [5.41, 5.74) is 0.884. The van der Waals surface area contributed by atoms with Crippen LogP contribution in [0.3, 0.4) is 0 Å². The van der Waals surface area contributed by atoms with E-state index < -0.39 is 0 Å². The van der Waals surface area contributed by atoms with Crippen LogP contribution in [0, 0.1) is 12.8 Å². The highest BCUT2D eigenvalue weighted by Crippen LogP contribution is 2.21. The third kappa shape index (κ3) is 3.06. The standard InChI is InChI=1S/C16H26N6/c1-11-6-5-7-22(10-11)12(2)8-17-15-14-9-18-21(4)16(14)20-13(3)19-15/h9,11-12H,5-8,10H2,1-4H3,(H,17,19,20)/t11-,12-/m0/s1. The molecule has 6 nitrogen and oxygen atoms in total. The predicted octanol–water partition coefficient (Wildman–Crippen LogP) is 2.20. The maximum atomic E-state index is 4.55. The zero-order valence-electron chi connectivity index (χ0n) is 14.0. The number of piperidine rings is 1. The Bertz CT molecular complexity index is 649. The Balaban J connectivity index is 1.71. The second-order valence-corrected chi connectivity index (χ2v) is 6.60. The summed E-state index contributed by atoms with van der Waals surface area (Å²) in [6.45, 7) is 9.87. The number of hydrogen-bond donors (Lipinski definition) is 1. The summed E-state index contributed by atoms with van der Waals surface area (Å²) in [6.07, 6.45) is 4.51. The molecule has 0 amide bonds. The van der Waals surface area contributed by atoms with E-state index >= 15 is 0 Å². The van der Waals surface area contributed by atoms with Gasteiger partial charge >= 0.3 is 0 Å². The zero-order chi connectivity index (χ0) is 15.7. The van der Waals surface area contributed by atoms with E-state index in [1.165, 1.54) is 25.9 Å². The molecule has 0 radical (unpaired) electrons. The van der Waals surface area contributed by atoms with Crippen molar-refractivity contribution in [1.29, 1.82) is 0 Å². The summed E-state index contributed by atoms with van der Waals surface area (Å²) in [6, 6.07) is 0.504. The van der Waals surface area contributed by atoms with Crippen molar-refractivity contribution in [2.75, 3.05) is 25.0 Å². The van der Waals surface area contributed by atoms with Gasteiger partial charge in [0.15, 0.2) is 5.65 Å². The summed E-state index contributed by atoms with van der Waals surface area (Å²) < 4.78 is 1.80. The molecule has 0 unspecified atom stereocenters. The maximum Gasteiger partial charge on any atom is 0.163 e. The minimum atomic E-state index is 0.504. The topological polar surface area (TPSA) is 58.9 Å². The average molecular weight is 302 g/mol. The third-order valence-corrected chi connectivity index (χ3v) is 4.58. The first-order valence-electron chi connectivity index (χ1n) is 8.19. The van der Waals surface area contributed by atoms with Crippen LogP contribution in [-0.4, -0.2) is 50.3 Å². The van der Waals surface area contributed by atoms with Crippen molar-refractivity contribution in [2.45, 2.75) is 39.7 Å². The van der Waals surface area contributed by atoms with Crippen LogP contribution in [0.15, 0.2) is 6.20 Å². The number of fused-ring (bicyclic) bond motifs is 1. The van der Waals surface area contributed by atoms with Gasteiger partial charge in [-0.05, 0) is 39.2 Å². The van der Waals surface area contributed by atoms with E-state index in [0.29, 0.717) is 6.04 Å². The third-order valence-electron chi connectivity index (χ3n) is 4.58. The molecule has 120 valence electrons. The number of anilines is 1. The van der Waals surface area contributed by atoms with Gasteiger partial charge in [-0.3, -0.25) is 9.58 Å². The second kappa shape index (κ2) is 6.20. The Morgan fingerprint density at radius 1 is 1.41 bits per heavy atom. The van der Waals surface area contributed by atoms with Gasteiger partial charge in [-0.15, -0.1) is 0 Å². The summed E-state index contributed by atoms with van der Waals surface area (Å²) in [5, 5.41) is 8.79. The van der Waals surface area contributed by atoms with Crippen LogP contribution >= 0.6 is 0 Å². The van der Waals surface area contributed by atoms with Gasteiger partial charge in [-0.25, -0.2) is 9.97 Å². The normalized spacial score (nSPS) is 21.2. The number of likely N-dealkylation sites (tertiary alicyclic amines) is 1. The minimum absolute atomic E-state index is 0.504. The van der Waals surface area contributed by atoms with Crippen LogP contribution in [0.1, 0.15) is 32.5 Å². The zero-order valence-corrected chi connectivity index (χ0v) is 14.0. The van der Waals surface area contributed by atoms with Crippen molar-refractivity contribution in [2.24, 2.45) is 13.0 Å². The van der Waals surface area contributed by atoms with E-state index in [1.54, 1.807) is 4.68 Å². The molecule has 0 spiro atoms. The van der Waals surface area contributed by atoms with E-state index in [1.807, 2.05) is 20.2 Å². The Hall–Kier alpha value is -1.69. The van der Waals surface area contributed by atoms with E-state index in [2.05, 4.69) is 39.1 Å². The minimum Gasteiger partial charge on any atom is -0.368 e. The van der Waals surface area contributed by atoms with Crippen molar-refractivity contribution < 1.29 is 0 Å². The first-order valence-corrected chi connectivity index (χ1v) is 8.19. The number of aryl methyl sites for hydroxylation is 2.